The van der Waals surface area contributed by atoms with Gasteiger partial charge in [-0.1, -0.05) is 26.2 Å². The average Bonchev–Trinajstić information content (AvgIpc) is 2.82. The summed E-state index contributed by atoms with van der Waals surface area (Å²) < 4.78 is 61.1. The van der Waals surface area contributed by atoms with Crippen LogP contribution in [0.15, 0.2) is 42.7 Å². The van der Waals surface area contributed by atoms with Crippen LogP contribution in [-0.4, -0.2) is 35.2 Å². The highest BCUT2D eigenvalue weighted by molar-refractivity contribution is 7.92. The summed E-state index contributed by atoms with van der Waals surface area (Å²) >= 11 is 0. The molecule has 35 heavy (non-hydrogen) atoms. The van der Waals surface area contributed by atoms with Gasteiger partial charge in [0.05, 0.1) is 22.7 Å². The summed E-state index contributed by atoms with van der Waals surface area (Å²) in [6, 6.07) is 7.04. The number of anilines is 2. The maximum atomic E-state index is 14.8. The fourth-order valence-electron chi connectivity index (χ4n) is 3.99. The van der Waals surface area contributed by atoms with E-state index in [1.165, 1.54) is 12.6 Å². The molecule has 0 saturated heterocycles. The van der Waals surface area contributed by atoms with Gasteiger partial charge in [0.2, 0.25) is 27.6 Å². The number of halogens is 2. The summed E-state index contributed by atoms with van der Waals surface area (Å²) in [6.45, 7) is 1.69. The number of aromatic nitrogens is 3. The van der Waals surface area contributed by atoms with E-state index in [9.17, 15) is 17.2 Å². The Balaban J connectivity index is 1.58. The topological polar surface area (TPSA) is 106 Å². The molecule has 186 valence electrons. The van der Waals surface area contributed by atoms with Crippen molar-refractivity contribution >= 4 is 21.7 Å². The van der Waals surface area contributed by atoms with E-state index in [0.717, 1.165) is 37.8 Å². The molecule has 0 bridgehead atoms. The largest absolute Gasteiger partial charge is 0.432 e. The van der Waals surface area contributed by atoms with Crippen LogP contribution in [0.1, 0.15) is 45.4 Å². The van der Waals surface area contributed by atoms with Crippen LogP contribution in [-0.2, 0) is 10.0 Å². The quantitative estimate of drug-likeness (QED) is 0.397. The van der Waals surface area contributed by atoms with Crippen LogP contribution >= 0.6 is 0 Å². The van der Waals surface area contributed by atoms with E-state index in [1.54, 1.807) is 31.3 Å². The lowest BCUT2D eigenvalue weighted by atomic mass is 9.96. The fourth-order valence-corrected chi connectivity index (χ4v) is 5.10. The lowest BCUT2D eigenvalue weighted by Gasteiger charge is -2.22. The summed E-state index contributed by atoms with van der Waals surface area (Å²) in [5.41, 5.74) is 0.676. The highest BCUT2D eigenvalue weighted by atomic mass is 32.2. The third-order valence-electron chi connectivity index (χ3n) is 5.58. The Hall–Kier alpha value is -3.34. The minimum atomic E-state index is -3.70. The van der Waals surface area contributed by atoms with Crippen LogP contribution in [0, 0.1) is 11.6 Å². The summed E-state index contributed by atoms with van der Waals surface area (Å²) in [6.07, 6.45) is 9.06. The number of hydrogen-bond acceptors (Lipinski definition) is 7. The molecule has 2 aromatic heterocycles. The van der Waals surface area contributed by atoms with E-state index in [2.05, 4.69) is 25.0 Å². The Labute approximate surface area is 203 Å². The summed E-state index contributed by atoms with van der Waals surface area (Å²) in [5.74, 6) is -2.59. The standard InChI is InChI=1S/C24H27F2N5O3S/c1-2-13-35(32,33)31-17-14-19(25)22(20(26)15-17)34-23-18(9-6-11-27-23)21-10-12-28-24(30-21)29-16-7-4-3-5-8-16/h6,9-12,14-16,31H,2-5,7-8,13H2,1H3,(H,28,29,30). The van der Waals surface area contributed by atoms with Gasteiger partial charge in [-0.3, -0.25) is 4.72 Å². The Morgan fingerprint density at radius 3 is 2.51 bits per heavy atom. The molecule has 3 aromatic rings. The zero-order valence-electron chi connectivity index (χ0n) is 19.3. The van der Waals surface area contributed by atoms with Gasteiger partial charge in [0.25, 0.3) is 0 Å². The first-order valence-corrected chi connectivity index (χ1v) is 13.2. The normalized spacial score (nSPS) is 14.5. The molecule has 0 amide bonds. The number of ether oxygens (including phenoxy) is 1. The van der Waals surface area contributed by atoms with Gasteiger partial charge in [-0.05, 0) is 37.5 Å². The molecule has 1 aromatic carbocycles. The van der Waals surface area contributed by atoms with Crippen molar-refractivity contribution in [3.05, 3.63) is 54.4 Å². The van der Waals surface area contributed by atoms with Crippen LogP contribution in [0.3, 0.4) is 0 Å². The highest BCUT2D eigenvalue weighted by Crippen LogP contribution is 2.34. The third-order valence-corrected chi connectivity index (χ3v) is 7.08. The molecular weight excluding hydrogens is 476 g/mol. The smallest absolute Gasteiger partial charge is 0.232 e. The number of sulfonamides is 1. The van der Waals surface area contributed by atoms with Crippen molar-refractivity contribution in [3.8, 4) is 22.9 Å². The van der Waals surface area contributed by atoms with Crippen molar-refractivity contribution in [2.24, 2.45) is 0 Å². The lowest BCUT2D eigenvalue weighted by Crippen LogP contribution is -2.23. The summed E-state index contributed by atoms with van der Waals surface area (Å²) in [7, 11) is -3.70. The van der Waals surface area contributed by atoms with E-state index in [0.29, 0.717) is 29.7 Å². The van der Waals surface area contributed by atoms with Crippen molar-refractivity contribution in [2.75, 3.05) is 15.8 Å². The molecule has 8 nitrogen and oxygen atoms in total. The van der Waals surface area contributed by atoms with Gasteiger partial charge in [-0.15, -0.1) is 0 Å². The molecule has 0 spiro atoms. The van der Waals surface area contributed by atoms with Gasteiger partial charge >= 0.3 is 0 Å². The Kier molecular flexibility index (Phi) is 7.74. The molecule has 1 fully saturated rings. The van der Waals surface area contributed by atoms with E-state index < -0.39 is 27.4 Å². The van der Waals surface area contributed by atoms with E-state index >= 15 is 0 Å². The van der Waals surface area contributed by atoms with Gasteiger partial charge in [0.1, 0.15) is 0 Å². The van der Waals surface area contributed by atoms with E-state index in [-0.39, 0.29) is 17.3 Å². The summed E-state index contributed by atoms with van der Waals surface area (Å²) in [4.78, 5) is 13.0. The maximum Gasteiger partial charge on any atom is 0.232 e. The van der Waals surface area contributed by atoms with Gasteiger partial charge in [-0.25, -0.2) is 32.2 Å². The second-order valence-electron chi connectivity index (χ2n) is 8.39. The first kappa shape index (κ1) is 24.8. The molecule has 0 aliphatic heterocycles. The molecule has 4 rings (SSSR count). The van der Waals surface area contributed by atoms with Crippen molar-refractivity contribution in [3.63, 3.8) is 0 Å². The predicted molar refractivity (Wildman–Crippen MR) is 130 cm³/mol. The number of pyridine rings is 1. The molecule has 1 aliphatic carbocycles. The second-order valence-corrected chi connectivity index (χ2v) is 10.2. The second kappa shape index (κ2) is 10.9. The Morgan fingerprint density at radius 1 is 1.06 bits per heavy atom. The molecule has 0 atom stereocenters. The summed E-state index contributed by atoms with van der Waals surface area (Å²) in [5, 5.41) is 3.35. The van der Waals surface area contributed by atoms with Crippen LogP contribution in [0.5, 0.6) is 11.6 Å². The van der Waals surface area contributed by atoms with Crippen molar-refractivity contribution < 1.29 is 21.9 Å². The number of nitrogens with one attached hydrogen (secondary N) is 2. The molecular formula is C24H27F2N5O3S. The monoisotopic (exact) mass is 503 g/mol. The molecule has 1 saturated carbocycles. The number of rotatable bonds is 9. The minimum Gasteiger partial charge on any atom is -0.432 e. The lowest BCUT2D eigenvalue weighted by molar-refractivity contribution is 0.397. The SMILES string of the molecule is CCCS(=O)(=O)Nc1cc(F)c(Oc2ncccc2-c2ccnc(NC3CCCCC3)n2)c(F)c1. The molecule has 11 heteroatoms. The van der Waals surface area contributed by atoms with E-state index in [1.807, 2.05) is 0 Å². The first-order chi connectivity index (χ1) is 16.8. The van der Waals surface area contributed by atoms with Crippen molar-refractivity contribution in [2.45, 2.75) is 51.5 Å². The number of nitrogens with zero attached hydrogens (tertiary/aromatic N) is 3. The molecule has 2 heterocycles. The molecule has 2 N–H and O–H groups in total. The zero-order chi connectivity index (χ0) is 24.8. The molecule has 0 unspecified atom stereocenters. The highest BCUT2D eigenvalue weighted by Gasteiger charge is 2.20. The van der Waals surface area contributed by atoms with Crippen LogP contribution in [0.4, 0.5) is 20.4 Å². The van der Waals surface area contributed by atoms with Crippen molar-refractivity contribution in [1.29, 1.82) is 0 Å². The molecule has 0 radical (unpaired) electrons. The Morgan fingerprint density at radius 2 is 1.80 bits per heavy atom. The number of hydrogen-bond donors (Lipinski definition) is 2. The molecule has 1 aliphatic rings. The average molecular weight is 504 g/mol. The minimum absolute atomic E-state index is 0.0491. The van der Waals surface area contributed by atoms with Gasteiger partial charge in [0.15, 0.2) is 11.6 Å². The third kappa shape index (κ3) is 6.41. The fraction of sp³-hybridized carbons (Fsp3) is 0.375. The van der Waals surface area contributed by atoms with E-state index in [4.69, 9.17) is 4.74 Å². The van der Waals surface area contributed by atoms with Gasteiger partial charge < -0.3 is 10.1 Å². The van der Waals surface area contributed by atoms with Crippen molar-refractivity contribution in [1.82, 2.24) is 15.0 Å². The number of benzene rings is 1. The van der Waals surface area contributed by atoms with Crippen LogP contribution in [0.2, 0.25) is 0 Å². The van der Waals surface area contributed by atoms with Gasteiger partial charge in [-0.2, -0.15) is 0 Å². The van der Waals surface area contributed by atoms with Crippen LogP contribution in [0.25, 0.3) is 11.3 Å². The predicted octanol–water partition coefficient (Wildman–Crippen LogP) is 5.51. The Bertz CT molecular complexity index is 1260. The maximum absolute atomic E-state index is 14.8. The first-order valence-electron chi connectivity index (χ1n) is 11.6. The van der Waals surface area contributed by atoms with Gasteiger partial charge in [0, 0.05) is 30.6 Å². The van der Waals surface area contributed by atoms with Crippen LogP contribution < -0.4 is 14.8 Å². The zero-order valence-corrected chi connectivity index (χ0v) is 20.1.